The highest BCUT2D eigenvalue weighted by atomic mass is 79.9. The minimum atomic E-state index is -0.346. The molecule has 0 saturated heterocycles. The maximum Gasteiger partial charge on any atom is 0.262 e. The highest BCUT2D eigenvalue weighted by Gasteiger charge is 2.12. The first-order valence-electron chi connectivity index (χ1n) is 9.16. The second kappa shape index (κ2) is 9.24. The van der Waals surface area contributed by atoms with Crippen molar-refractivity contribution in [1.82, 2.24) is 0 Å². The van der Waals surface area contributed by atoms with Gasteiger partial charge in [0.25, 0.3) is 5.91 Å². The van der Waals surface area contributed by atoms with Gasteiger partial charge in [0.05, 0.1) is 9.86 Å². The number of amides is 1. The number of hydrogen-bond acceptors (Lipinski definition) is 5. The summed E-state index contributed by atoms with van der Waals surface area (Å²) in [6.07, 6.45) is 1.25. The molecule has 156 valence electrons. The summed E-state index contributed by atoms with van der Waals surface area (Å²) < 4.78 is 17.5. The predicted octanol–water partition coefficient (Wildman–Crippen LogP) is 6.02. The summed E-state index contributed by atoms with van der Waals surface area (Å²) in [5, 5.41) is 3.55. The minimum Gasteiger partial charge on any atom is -0.484 e. The zero-order chi connectivity index (χ0) is 21.8. The number of rotatable bonds is 6. The number of carbonyl (C=O) groups excluding carboxylic acids is 1. The van der Waals surface area contributed by atoms with E-state index >= 15 is 0 Å². The van der Waals surface area contributed by atoms with E-state index in [1.165, 1.54) is 6.26 Å². The largest absolute Gasteiger partial charge is 0.484 e. The van der Waals surface area contributed by atoms with E-state index in [1.807, 2.05) is 12.1 Å². The van der Waals surface area contributed by atoms with Crippen molar-refractivity contribution in [2.75, 3.05) is 11.9 Å². The molecule has 1 N–H and O–H groups in total. The normalized spacial score (nSPS) is 10.6. The Labute approximate surface area is 190 Å². The van der Waals surface area contributed by atoms with Crippen LogP contribution in [0, 0.1) is 0 Å². The van der Waals surface area contributed by atoms with E-state index < -0.39 is 0 Å². The maximum absolute atomic E-state index is 12.7. The number of benzene rings is 3. The van der Waals surface area contributed by atoms with Crippen LogP contribution in [0.25, 0.3) is 11.0 Å². The van der Waals surface area contributed by atoms with E-state index in [4.69, 9.17) is 25.5 Å². The van der Waals surface area contributed by atoms with Gasteiger partial charge >= 0.3 is 0 Å². The second-order valence-electron chi connectivity index (χ2n) is 6.47. The van der Waals surface area contributed by atoms with E-state index in [1.54, 1.807) is 54.6 Å². The number of para-hydroxylation sites is 1. The molecule has 4 aromatic rings. The lowest BCUT2D eigenvalue weighted by molar-refractivity contribution is -0.118. The van der Waals surface area contributed by atoms with Crippen molar-refractivity contribution in [3.8, 4) is 17.2 Å². The summed E-state index contributed by atoms with van der Waals surface area (Å²) in [4.78, 5) is 24.8. The Morgan fingerprint density at radius 2 is 1.87 bits per heavy atom. The maximum atomic E-state index is 12.7. The Kier molecular flexibility index (Phi) is 6.25. The van der Waals surface area contributed by atoms with Gasteiger partial charge in [0.15, 0.2) is 6.61 Å². The molecule has 0 bridgehead atoms. The van der Waals surface area contributed by atoms with E-state index in [-0.39, 0.29) is 23.7 Å². The molecule has 1 aromatic heterocycles. The molecule has 3 aromatic carbocycles. The van der Waals surface area contributed by atoms with Gasteiger partial charge in [-0.1, -0.05) is 29.8 Å². The summed E-state index contributed by atoms with van der Waals surface area (Å²) >= 11 is 9.28. The average molecular weight is 501 g/mol. The van der Waals surface area contributed by atoms with E-state index in [9.17, 15) is 9.59 Å². The van der Waals surface area contributed by atoms with Crippen molar-refractivity contribution in [2.45, 2.75) is 0 Å². The first kappa shape index (κ1) is 21.0. The summed E-state index contributed by atoms with van der Waals surface area (Å²) in [7, 11) is 0. The standard InChI is InChI=1S/C23H15BrClNO5/c24-18-6-1-2-7-19(18)31-21-12-30-20-11-16(8-9-17(20)23(21)28)29-13-22(27)26-15-5-3-4-14(25)10-15/h1-12H,13H2,(H,26,27). The molecule has 0 aliphatic heterocycles. The van der Waals surface area contributed by atoms with E-state index in [0.717, 1.165) is 0 Å². The number of ether oxygens (including phenoxy) is 2. The lowest BCUT2D eigenvalue weighted by Gasteiger charge is -2.09. The zero-order valence-electron chi connectivity index (χ0n) is 15.9. The number of halogens is 2. The molecule has 0 radical (unpaired) electrons. The first-order valence-corrected chi connectivity index (χ1v) is 10.3. The molecule has 0 aliphatic carbocycles. The van der Waals surface area contributed by atoms with Crippen molar-refractivity contribution >= 4 is 50.1 Å². The van der Waals surface area contributed by atoms with Gasteiger partial charge in [0.2, 0.25) is 11.2 Å². The molecule has 0 unspecified atom stereocenters. The van der Waals surface area contributed by atoms with E-state index in [0.29, 0.717) is 37.7 Å². The van der Waals surface area contributed by atoms with Crippen LogP contribution in [0.4, 0.5) is 5.69 Å². The number of nitrogens with one attached hydrogen (secondary N) is 1. The van der Waals surface area contributed by atoms with Crippen LogP contribution >= 0.6 is 27.5 Å². The van der Waals surface area contributed by atoms with Gasteiger partial charge in [-0.25, -0.2) is 0 Å². The van der Waals surface area contributed by atoms with E-state index in [2.05, 4.69) is 21.2 Å². The SMILES string of the molecule is O=C(COc1ccc2c(=O)c(Oc3ccccc3Br)coc2c1)Nc1cccc(Cl)c1. The van der Waals surface area contributed by atoms with Gasteiger partial charge in [0.1, 0.15) is 23.3 Å². The van der Waals surface area contributed by atoms with Crippen LogP contribution in [0.2, 0.25) is 5.02 Å². The van der Waals surface area contributed by atoms with Crippen LogP contribution in [-0.2, 0) is 4.79 Å². The molecule has 1 heterocycles. The highest BCUT2D eigenvalue weighted by molar-refractivity contribution is 9.10. The van der Waals surface area contributed by atoms with Crippen molar-refractivity contribution in [1.29, 1.82) is 0 Å². The Balaban J connectivity index is 1.46. The Morgan fingerprint density at radius 3 is 2.68 bits per heavy atom. The van der Waals surface area contributed by atoms with Gasteiger partial charge in [-0.3, -0.25) is 9.59 Å². The van der Waals surface area contributed by atoms with Gasteiger partial charge in [-0.15, -0.1) is 0 Å². The molecular formula is C23H15BrClNO5. The lowest BCUT2D eigenvalue weighted by Crippen LogP contribution is -2.20. The second-order valence-corrected chi connectivity index (χ2v) is 7.76. The Bertz CT molecular complexity index is 1320. The average Bonchev–Trinajstić information content (AvgIpc) is 2.76. The summed E-state index contributed by atoms with van der Waals surface area (Å²) in [5.41, 5.74) is 0.572. The van der Waals surface area contributed by atoms with Crippen LogP contribution in [0.15, 0.2) is 86.7 Å². The molecule has 0 aliphatic rings. The number of carbonyl (C=O) groups is 1. The molecule has 0 atom stereocenters. The third-order valence-corrected chi connectivity index (χ3v) is 5.14. The quantitative estimate of drug-likeness (QED) is 0.350. The fourth-order valence-electron chi connectivity index (χ4n) is 2.81. The molecule has 6 nitrogen and oxygen atoms in total. The molecule has 0 spiro atoms. The van der Waals surface area contributed by atoms with Crippen LogP contribution in [0.3, 0.4) is 0 Å². The van der Waals surface area contributed by atoms with Gasteiger partial charge in [0, 0.05) is 16.8 Å². The first-order chi connectivity index (χ1) is 15.0. The lowest BCUT2D eigenvalue weighted by atomic mass is 10.2. The number of anilines is 1. The minimum absolute atomic E-state index is 0.0639. The zero-order valence-corrected chi connectivity index (χ0v) is 18.3. The van der Waals surface area contributed by atoms with Crippen LogP contribution in [-0.4, -0.2) is 12.5 Å². The molecular weight excluding hydrogens is 486 g/mol. The third-order valence-electron chi connectivity index (χ3n) is 4.25. The van der Waals surface area contributed by atoms with Gasteiger partial charge in [-0.2, -0.15) is 0 Å². The fourth-order valence-corrected chi connectivity index (χ4v) is 3.37. The molecule has 4 rings (SSSR count). The molecule has 0 fully saturated rings. The van der Waals surface area contributed by atoms with Crippen molar-refractivity contribution in [3.05, 3.63) is 92.7 Å². The predicted molar refractivity (Wildman–Crippen MR) is 122 cm³/mol. The topological polar surface area (TPSA) is 77.8 Å². The smallest absolute Gasteiger partial charge is 0.262 e. The summed E-state index contributed by atoms with van der Waals surface area (Å²) in [5.74, 6) is 0.603. The molecule has 0 saturated carbocycles. The molecule has 31 heavy (non-hydrogen) atoms. The fraction of sp³-hybridized carbons (Fsp3) is 0.0435. The van der Waals surface area contributed by atoms with Crippen LogP contribution in [0.5, 0.6) is 17.2 Å². The van der Waals surface area contributed by atoms with Gasteiger partial charge in [-0.05, 0) is 58.4 Å². The van der Waals surface area contributed by atoms with Crippen molar-refractivity contribution in [2.24, 2.45) is 0 Å². The summed E-state index contributed by atoms with van der Waals surface area (Å²) in [6, 6.07) is 18.7. The number of fused-ring (bicyclic) bond motifs is 1. The highest BCUT2D eigenvalue weighted by Crippen LogP contribution is 2.29. The van der Waals surface area contributed by atoms with Crippen molar-refractivity contribution in [3.63, 3.8) is 0 Å². The number of hydrogen-bond donors (Lipinski definition) is 1. The molecule has 1 amide bonds. The van der Waals surface area contributed by atoms with Crippen molar-refractivity contribution < 1.29 is 18.7 Å². The Morgan fingerprint density at radius 1 is 1.03 bits per heavy atom. The van der Waals surface area contributed by atoms with Crippen LogP contribution in [0.1, 0.15) is 0 Å². The monoisotopic (exact) mass is 499 g/mol. The van der Waals surface area contributed by atoms with Crippen LogP contribution < -0.4 is 20.2 Å². The Hall–Kier alpha value is -3.29. The molecule has 8 heteroatoms. The summed E-state index contributed by atoms with van der Waals surface area (Å²) in [6.45, 7) is -0.217. The van der Waals surface area contributed by atoms with Gasteiger partial charge < -0.3 is 19.2 Å². The third kappa shape index (κ3) is 5.07.